The van der Waals surface area contributed by atoms with Crippen molar-refractivity contribution in [3.8, 4) is 33.9 Å². The Balaban J connectivity index is 1.40. The predicted octanol–water partition coefficient (Wildman–Crippen LogP) is 7.35. The first-order valence-corrected chi connectivity index (χ1v) is 10.6. The normalized spacial score (nSPS) is 11.2. The third-order valence-electron chi connectivity index (χ3n) is 5.18. The van der Waals surface area contributed by atoms with Gasteiger partial charge in [0.2, 0.25) is 0 Å². The average molecular weight is 466 g/mol. The molecule has 0 saturated carbocycles. The minimum Gasteiger partial charge on any atom is -0.348 e. The zero-order chi connectivity index (χ0) is 22.2. The van der Waals surface area contributed by atoms with Crippen LogP contribution in [0.4, 0.5) is 8.78 Å². The van der Waals surface area contributed by atoms with Gasteiger partial charge in [0.05, 0.1) is 11.3 Å². The molecule has 0 radical (unpaired) electrons. The van der Waals surface area contributed by atoms with Crippen LogP contribution in [0.5, 0.6) is 0 Å². The van der Waals surface area contributed by atoms with E-state index in [0.29, 0.717) is 28.0 Å². The van der Waals surface area contributed by atoms with E-state index in [1.165, 1.54) is 12.1 Å². The minimum atomic E-state index is -0.948. The van der Waals surface area contributed by atoms with Crippen molar-refractivity contribution < 1.29 is 8.78 Å². The zero-order valence-corrected chi connectivity index (χ0v) is 18.1. The van der Waals surface area contributed by atoms with Gasteiger partial charge in [0, 0.05) is 34.5 Å². The lowest BCUT2D eigenvalue weighted by Gasteiger charge is -2.10. The molecule has 0 fully saturated rings. The molecule has 3 nitrogen and oxygen atoms in total. The quantitative estimate of drug-likeness (QED) is 0.277. The largest absolute Gasteiger partial charge is 0.348 e. The summed E-state index contributed by atoms with van der Waals surface area (Å²) in [5.74, 6) is -1.70. The van der Waals surface area contributed by atoms with Gasteiger partial charge in [-0.3, -0.25) is 0 Å². The lowest BCUT2D eigenvalue weighted by molar-refractivity contribution is 0.510. The van der Waals surface area contributed by atoms with Gasteiger partial charge in [0.1, 0.15) is 5.69 Å². The third-order valence-corrected chi connectivity index (χ3v) is 5.73. The Morgan fingerprint density at radius 2 is 1.59 bits per heavy atom. The molecule has 2 aliphatic heterocycles. The van der Waals surface area contributed by atoms with Gasteiger partial charge in [-0.1, -0.05) is 59.6 Å². The maximum Gasteiger partial charge on any atom is 0.169 e. The van der Waals surface area contributed by atoms with E-state index in [0.717, 1.165) is 22.8 Å². The summed E-state index contributed by atoms with van der Waals surface area (Å²) in [5.41, 5.74) is 4.27. The van der Waals surface area contributed by atoms with E-state index in [2.05, 4.69) is 9.97 Å². The highest BCUT2D eigenvalue weighted by Crippen LogP contribution is 2.31. The molecule has 3 aromatic rings. The van der Waals surface area contributed by atoms with E-state index < -0.39 is 11.6 Å². The smallest absolute Gasteiger partial charge is 0.169 e. The zero-order valence-electron chi connectivity index (χ0n) is 16.6. The lowest BCUT2D eigenvalue weighted by Crippen LogP contribution is -2.00. The van der Waals surface area contributed by atoms with Crippen LogP contribution in [-0.2, 0) is 6.54 Å². The maximum absolute atomic E-state index is 14.1. The average Bonchev–Trinajstić information content (AvgIpc) is 3.19. The fourth-order valence-corrected chi connectivity index (χ4v) is 4.09. The highest BCUT2D eigenvalue weighted by molar-refractivity contribution is 6.36. The Hall–Kier alpha value is -3.28. The van der Waals surface area contributed by atoms with E-state index in [9.17, 15) is 8.78 Å². The fraction of sp³-hybridized carbons (Fsp3) is 0.0400. The number of benzene rings is 3. The summed E-state index contributed by atoms with van der Waals surface area (Å²) in [6.45, 7) is 0.612. The molecular formula is C25H15Cl2F2N3. The topological polar surface area (TPSA) is 30.7 Å². The van der Waals surface area contributed by atoms with Gasteiger partial charge in [-0.2, -0.15) is 0 Å². The lowest BCUT2D eigenvalue weighted by atomic mass is 10.0. The molecule has 3 aromatic carbocycles. The summed E-state index contributed by atoms with van der Waals surface area (Å²) < 4.78 is 29.6. The van der Waals surface area contributed by atoms with Gasteiger partial charge in [-0.25, -0.2) is 18.7 Å². The fourth-order valence-electron chi connectivity index (χ4n) is 3.57. The Kier molecular flexibility index (Phi) is 5.37. The van der Waals surface area contributed by atoms with Gasteiger partial charge >= 0.3 is 0 Å². The second-order valence-corrected chi connectivity index (χ2v) is 8.20. The van der Waals surface area contributed by atoms with Gasteiger partial charge in [0.25, 0.3) is 0 Å². The molecule has 5 rings (SSSR count). The van der Waals surface area contributed by atoms with Crippen LogP contribution in [0, 0.1) is 11.6 Å². The number of imidazole rings is 1. The van der Waals surface area contributed by atoms with Crippen molar-refractivity contribution in [1.29, 1.82) is 0 Å². The molecule has 0 unspecified atom stereocenters. The van der Waals surface area contributed by atoms with Crippen molar-refractivity contribution >= 4 is 23.2 Å². The maximum atomic E-state index is 14.1. The summed E-state index contributed by atoms with van der Waals surface area (Å²) >= 11 is 12.3. The Morgan fingerprint density at radius 1 is 0.812 bits per heavy atom. The summed E-state index contributed by atoms with van der Waals surface area (Å²) in [5, 5.41) is 1.20. The number of hydrogen-bond acceptors (Lipinski definition) is 2. The molecule has 0 bridgehead atoms. The SMILES string of the molecule is Fc1cccc(-c2nc3ccn(Cc4ccc(-c5ccc(Cl)cc5Cl)cc4)cc-3n2)c1F. The molecule has 0 atom stereocenters. The molecule has 0 saturated heterocycles. The van der Waals surface area contributed by atoms with Crippen molar-refractivity contribution in [3.05, 3.63) is 106 Å². The Labute approximate surface area is 193 Å². The number of rotatable bonds is 4. The van der Waals surface area contributed by atoms with E-state index in [-0.39, 0.29) is 11.4 Å². The number of hydrogen-bond donors (Lipinski definition) is 0. The van der Waals surface area contributed by atoms with Crippen LogP contribution in [-0.4, -0.2) is 14.5 Å². The molecule has 158 valence electrons. The molecule has 2 aliphatic rings. The van der Waals surface area contributed by atoms with Crippen LogP contribution in [0.1, 0.15) is 5.56 Å². The van der Waals surface area contributed by atoms with Crippen LogP contribution in [0.15, 0.2) is 79.1 Å². The minimum absolute atomic E-state index is 0.0456. The highest BCUT2D eigenvalue weighted by atomic mass is 35.5. The standard InChI is InChI=1S/C25H15Cl2F2N3/c26-17-8-9-18(20(27)12-17)16-6-4-15(5-7-16)13-32-11-10-22-23(14-32)31-25(30-22)19-2-1-3-21(28)24(19)29/h1-12,14H,13H2. The molecule has 0 aliphatic carbocycles. The highest BCUT2D eigenvalue weighted by Gasteiger charge is 2.17. The molecule has 0 amide bonds. The van der Waals surface area contributed by atoms with Crippen LogP contribution in [0.25, 0.3) is 33.9 Å². The van der Waals surface area contributed by atoms with Crippen molar-refractivity contribution in [2.24, 2.45) is 0 Å². The first-order valence-electron chi connectivity index (χ1n) is 9.80. The van der Waals surface area contributed by atoms with E-state index in [1.54, 1.807) is 6.07 Å². The van der Waals surface area contributed by atoms with Crippen LogP contribution in [0.2, 0.25) is 10.0 Å². The number of nitrogens with zero attached hydrogens (tertiary/aromatic N) is 3. The van der Waals surface area contributed by atoms with Gasteiger partial charge in [0.15, 0.2) is 17.5 Å². The van der Waals surface area contributed by atoms with Crippen molar-refractivity contribution in [2.45, 2.75) is 6.54 Å². The van der Waals surface area contributed by atoms with Gasteiger partial charge < -0.3 is 4.57 Å². The Morgan fingerprint density at radius 3 is 2.38 bits per heavy atom. The molecule has 7 heteroatoms. The number of aromatic nitrogens is 3. The molecular weight excluding hydrogens is 451 g/mol. The van der Waals surface area contributed by atoms with Crippen molar-refractivity contribution in [2.75, 3.05) is 0 Å². The second kappa shape index (κ2) is 8.34. The summed E-state index contributed by atoms with van der Waals surface area (Å²) in [4.78, 5) is 8.73. The van der Waals surface area contributed by atoms with Gasteiger partial charge in [-0.15, -0.1) is 0 Å². The molecule has 0 N–H and O–H groups in total. The van der Waals surface area contributed by atoms with E-state index >= 15 is 0 Å². The molecule has 32 heavy (non-hydrogen) atoms. The molecule has 0 spiro atoms. The number of fused-ring (bicyclic) bond motifs is 1. The van der Waals surface area contributed by atoms with Gasteiger partial charge in [-0.05, 0) is 41.5 Å². The monoisotopic (exact) mass is 465 g/mol. The Bertz CT molecular complexity index is 1400. The first-order chi connectivity index (χ1) is 15.5. The number of pyridine rings is 1. The van der Waals surface area contributed by atoms with Crippen molar-refractivity contribution in [3.63, 3.8) is 0 Å². The van der Waals surface area contributed by atoms with Crippen LogP contribution >= 0.6 is 23.2 Å². The summed E-state index contributed by atoms with van der Waals surface area (Å²) in [6.07, 6.45) is 3.72. The third kappa shape index (κ3) is 3.97. The number of halogens is 4. The molecule has 2 heterocycles. The summed E-state index contributed by atoms with van der Waals surface area (Å²) in [7, 11) is 0. The van der Waals surface area contributed by atoms with Crippen LogP contribution < -0.4 is 0 Å². The van der Waals surface area contributed by atoms with E-state index in [4.69, 9.17) is 23.2 Å². The predicted molar refractivity (Wildman–Crippen MR) is 123 cm³/mol. The van der Waals surface area contributed by atoms with Crippen molar-refractivity contribution in [1.82, 2.24) is 14.5 Å². The molecule has 0 aromatic heterocycles. The van der Waals surface area contributed by atoms with E-state index in [1.807, 2.05) is 59.4 Å². The first kappa shape index (κ1) is 20.6. The van der Waals surface area contributed by atoms with Crippen LogP contribution in [0.3, 0.4) is 0 Å². The second-order valence-electron chi connectivity index (χ2n) is 7.36. The summed E-state index contributed by atoms with van der Waals surface area (Å²) in [6, 6.07) is 19.3.